The summed E-state index contributed by atoms with van der Waals surface area (Å²) in [6.45, 7) is 1.51. The van der Waals surface area contributed by atoms with E-state index in [0.717, 1.165) is 36.9 Å². The molecule has 0 spiro atoms. The van der Waals surface area contributed by atoms with Gasteiger partial charge in [-0.3, -0.25) is 4.99 Å². The van der Waals surface area contributed by atoms with Crippen molar-refractivity contribution in [3.8, 4) is 17.2 Å². The summed E-state index contributed by atoms with van der Waals surface area (Å²) in [5.41, 5.74) is 1.44. The van der Waals surface area contributed by atoms with Crippen molar-refractivity contribution in [3.05, 3.63) is 107 Å². The summed E-state index contributed by atoms with van der Waals surface area (Å²) < 4.78 is 17.7. The van der Waals surface area contributed by atoms with Gasteiger partial charge in [0.2, 0.25) is 6.29 Å². The number of aliphatic imine (C=N–C) groups is 1. The molecule has 0 radical (unpaired) electrons. The largest absolute Gasteiger partial charge is 0.508 e. The molecular formula is C42H49N3O10. The number of nitrogens with one attached hydrogen (secondary N) is 2. The minimum atomic E-state index is -2.30. The molecular weight excluding hydrogens is 706 g/mol. The molecule has 7 atom stereocenters. The van der Waals surface area contributed by atoms with Gasteiger partial charge in [0, 0.05) is 24.4 Å². The molecule has 0 aromatic heterocycles. The highest BCUT2D eigenvalue weighted by atomic mass is 16.7. The van der Waals surface area contributed by atoms with Gasteiger partial charge < -0.3 is 55.5 Å². The molecule has 0 bridgehead atoms. The third-order valence-corrected chi connectivity index (χ3v) is 10.4. The normalized spacial score (nSPS) is 24.6. The minimum absolute atomic E-state index is 0.00806. The van der Waals surface area contributed by atoms with Crippen LogP contribution < -0.4 is 20.1 Å². The molecule has 13 heteroatoms. The third-order valence-electron chi connectivity index (χ3n) is 10.4. The van der Waals surface area contributed by atoms with Gasteiger partial charge in [-0.15, -0.1) is 0 Å². The molecule has 3 heterocycles. The Morgan fingerprint density at radius 2 is 1.85 bits per heavy atom. The molecule has 8 N–H and O–H groups in total. The number of fused-ring (bicyclic) bond motifs is 1. The van der Waals surface area contributed by atoms with Crippen LogP contribution in [0.15, 0.2) is 95.5 Å². The lowest BCUT2D eigenvalue weighted by Crippen LogP contribution is -2.71. The van der Waals surface area contributed by atoms with Crippen LogP contribution in [0.25, 0.3) is 17.4 Å². The maximum atomic E-state index is 12.1. The molecule has 3 aliphatic heterocycles. The van der Waals surface area contributed by atoms with Crippen molar-refractivity contribution >= 4 is 29.6 Å². The topological polar surface area (TPSA) is 203 Å². The molecule has 0 amide bonds. The van der Waals surface area contributed by atoms with Crippen LogP contribution in [0.4, 0.5) is 0 Å². The molecule has 0 saturated carbocycles. The van der Waals surface area contributed by atoms with E-state index < -0.39 is 36.2 Å². The molecule has 3 aromatic carbocycles. The number of hydrogen-bond donors (Lipinski definition) is 8. The first-order valence-electron chi connectivity index (χ1n) is 18.4. The first kappa shape index (κ1) is 39.7. The van der Waals surface area contributed by atoms with E-state index in [0.29, 0.717) is 29.8 Å². The van der Waals surface area contributed by atoms with Gasteiger partial charge in [-0.05, 0) is 92.2 Å². The van der Waals surface area contributed by atoms with Crippen LogP contribution in [-0.2, 0) is 9.53 Å². The molecule has 1 fully saturated rings. The number of phenolic OH excluding ortho intramolecular Hbond substituents is 1. The zero-order valence-electron chi connectivity index (χ0n) is 30.6. The highest BCUT2D eigenvalue weighted by Gasteiger charge is 2.58. The van der Waals surface area contributed by atoms with E-state index in [9.17, 15) is 35.4 Å². The van der Waals surface area contributed by atoms with Crippen LogP contribution >= 0.6 is 0 Å². The lowest BCUT2D eigenvalue weighted by molar-refractivity contribution is -0.311. The third kappa shape index (κ3) is 9.45. The monoisotopic (exact) mass is 755 g/mol. The van der Waals surface area contributed by atoms with Crippen molar-refractivity contribution in [3.63, 3.8) is 0 Å². The van der Waals surface area contributed by atoms with Gasteiger partial charge >= 0.3 is 5.97 Å². The van der Waals surface area contributed by atoms with Crippen molar-refractivity contribution in [2.45, 2.75) is 49.5 Å². The zero-order valence-corrected chi connectivity index (χ0v) is 30.6. The fourth-order valence-corrected chi connectivity index (χ4v) is 7.25. The van der Waals surface area contributed by atoms with E-state index in [1.54, 1.807) is 18.2 Å². The van der Waals surface area contributed by atoms with Crippen molar-refractivity contribution < 1.29 is 49.6 Å². The van der Waals surface area contributed by atoms with E-state index in [-0.39, 0.29) is 48.0 Å². The number of aliphatic carboxylic acids is 1. The van der Waals surface area contributed by atoms with Crippen LogP contribution in [0.5, 0.6) is 17.2 Å². The summed E-state index contributed by atoms with van der Waals surface area (Å²) in [6.07, 6.45) is 3.06. The maximum Gasteiger partial charge on any atom is 0.335 e. The van der Waals surface area contributed by atoms with Crippen molar-refractivity contribution in [2.24, 2.45) is 16.8 Å². The van der Waals surface area contributed by atoms with Gasteiger partial charge in [0.25, 0.3) is 0 Å². The number of carboxylic acids is 1. The highest BCUT2D eigenvalue weighted by molar-refractivity contribution is 5.91. The standard InChI is InChI=1S/C42H49N3O10/c1-43-18-17-28(9-5-8-26-6-3-2-4-7-26)30(20-27-16-19-44-22-27)23-45-25-42(52)39(49)37(48)38(40(50)51)55-41(42)54-32-14-15-33-35(21-32)53-24-34(36(33)47)29-10-12-31(46)13-11-29/h2-8,10-16,21-22,28,30,37-39,41,43,45-49,52H,9,17-20,23-25H2,1H3,(H,50,51). The fourth-order valence-electron chi connectivity index (χ4n) is 7.25. The van der Waals surface area contributed by atoms with Crippen LogP contribution in [-0.4, -0.2) is 113 Å². The number of benzene rings is 3. The lowest BCUT2D eigenvalue weighted by Gasteiger charge is -2.47. The second kappa shape index (κ2) is 18.1. The molecule has 292 valence electrons. The molecule has 6 rings (SSSR count). The van der Waals surface area contributed by atoms with Gasteiger partial charge in [0.05, 0.1) is 12.1 Å². The van der Waals surface area contributed by atoms with Gasteiger partial charge in [-0.2, -0.15) is 0 Å². The van der Waals surface area contributed by atoms with Gasteiger partial charge in [0.15, 0.2) is 11.7 Å². The lowest BCUT2D eigenvalue weighted by atomic mass is 9.81. The maximum absolute atomic E-state index is 12.1. The number of nitrogens with zero attached hydrogens (tertiary/aromatic N) is 1. The van der Waals surface area contributed by atoms with Crippen molar-refractivity contribution in [2.75, 3.05) is 39.8 Å². The second-order valence-electron chi connectivity index (χ2n) is 14.2. The molecule has 0 aliphatic carbocycles. The number of hydrogen-bond acceptors (Lipinski definition) is 12. The second-order valence-corrected chi connectivity index (χ2v) is 14.2. The Balaban J connectivity index is 1.21. The number of carbonyl (C=O) groups is 1. The average Bonchev–Trinajstić information content (AvgIpc) is 3.70. The Morgan fingerprint density at radius 3 is 2.56 bits per heavy atom. The van der Waals surface area contributed by atoms with E-state index in [1.807, 2.05) is 43.6 Å². The summed E-state index contributed by atoms with van der Waals surface area (Å²) in [7, 11) is 1.91. The Morgan fingerprint density at radius 1 is 1.07 bits per heavy atom. The molecule has 13 nitrogen and oxygen atoms in total. The average molecular weight is 756 g/mol. The number of carboxylic acid groups (broad SMARTS) is 1. The number of rotatable bonds is 17. The number of aliphatic hydroxyl groups excluding tert-OH is 3. The predicted octanol–water partition coefficient (Wildman–Crippen LogP) is 3.79. The molecule has 55 heavy (non-hydrogen) atoms. The molecule has 3 aliphatic rings. The van der Waals surface area contributed by atoms with Gasteiger partial charge in [-0.25, -0.2) is 4.79 Å². The van der Waals surface area contributed by atoms with Crippen LogP contribution in [0, 0.1) is 11.8 Å². The Bertz CT molecular complexity index is 1900. The minimum Gasteiger partial charge on any atom is -0.508 e. The SMILES string of the molecule is CNCCC(CC=Cc1ccccc1)C(CNCC1(O)C(Oc2ccc3c(c2)OCC(c2ccc(O)cc2)=C3O)OC(C(=O)O)C(O)C1O)CC1=CCN=C1. The first-order chi connectivity index (χ1) is 26.6. The number of phenols is 1. The summed E-state index contributed by atoms with van der Waals surface area (Å²) in [6, 6.07) is 20.9. The number of aliphatic hydroxyl groups is 4. The van der Waals surface area contributed by atoms with E-state index in [4.69, 9.17) is 14.2 Å². The predicted molar refractivity (Wildman–Crippen MR) is 208 cm³/mol. The van der Waals surface area contributed by atoms with Crippen molar-refractivity contribution in [1.82, 2.24) is 10.6 Å². The highest BCUT2D eigenvalue weighted by Crippen LogP contribution is 2.40. The first-order valence-corrected chi connectivity index (χ1v) is 18.4. The van der Waals surface area contributed by atoms with E-state index in [1.165, 1.54) is 24.3 Å². The summed E-state index contributed by atoms with van der Waals surface area (Å²) in [5, 5.41) is 71.3. The van der Waals surface area contributed by atoms with Crippen molar-refractivity contribution in [1.29, 1.82) is 0 Å². The Kier molecular flexibility index (Phi) is 13.0. The quantitative estimate of drug-likeness (QED) is 0.0993. The van der Waals surface area contributed by atoms with Crippen LogP contribution in [0.1, 0.15) is 36.0 Å². The fraction of sp³-hybridized carbons (Fsp3) is 0.381. The molecule has 1 saturated heterocycles. The number of allylic oxidation sites excluding steroid dienone is 2. The number of aromatic hydroxyl groups is 1. The number of ether oxygens (including phenoxy) is 3. The van der Waals surface area contributed by atoms with Gasteiger partial charge in [0.1, 0.15) is 41.8 Å². The van der Waals surface area contributed by atoms with Gasteiger partial charge in [-0.1, -0.05) is 60.7 Å². The van der Waals surface area contributed by atoms with Crippen LogP contribution in [0.3, 0.4) is 0 Å². The molecule has 3 aromatic rings. The zero-order chi connectivity index (χ0) is 39.0. The van der Waals surface area contributed by atoms with Crippen LogP contribution in [0.2, 0.25) is 0 Å². The Labute approximate surface area is 319 Å². The summed E-state index contributed by atoms with van der Waals surface area (Å²) >= 11 is 0. The summed E-state index contributed by atoms with van der Waals surface area (Å²) in [5.74, 6) is -0.857. The van der Waals surface area contributed by atoms with E-state index >= 15 is 0 Å². The Hall–Kier alpha value is -5.02. The van der Waals surface area contributed by atoms with E-state index in [2.05, 4.69) is 33.9 Å². The molecule has 7 unspecified atom stereocenters. The smallest absolute Gasteiger partial charge is 0.335 e. The summed E-state index contributed by atoms with van der Waals surface area (Å²) in [4.78, 5) is 16.4.